The maximum Gasteiger partial charge on any atom is 0.261 e. The largest absolute Gasteiger partial charge is 0.365 e. The molecule has 4 aromatic rings. The molecule has 0 radical (unpaired) electrons. The van der Waals surface area contributed by atoms with Gasteiger partial charge in [0.25, 0.3) is 17.4 Å². The Morgan fingerprint density at radius 1 is 1.29 bits per heavy atom. The molecule has 2 amide bonds. The Morgan fingerprint density at radius 2 is 2.12 bits per heavy atom. The van der Waals surface area contributed by atoms with Crippen molar-refractivity contribution in [3.63, 3.8) is 0 Å². The number of fused-ring (bicyclic) bond motifs is 2. The van der Waals surface area contributed by atoms with Crippen molar-refractivity contribution in [2.75, 3.05) is 0 Å². The van der Waals surface area contributed by atoms with Gasteiger partial charge in [0.2, 0.25) is 0 Å². The lowest BCUT2D eigenvalue weighted by Crippen LogP contribution is -2.34. The number of H-pyrrole nitrogens is 1. The van der Waals surface area contributed by atoms with Crippen LogP contribution in [0.2, 0.25) is 0 Å². The Morgan fingerprint density at radius 3 is 2.82 bits per heavy atom. The highest BCUT2D eigenvalue weighted by atomic mass is 32.1. The Labute approximate surface area is 199 Å². The third-order valence-electron chi connectivity index (χ3n) is 6.10. The first-order valence-electron chi connectivity index (χ1n) is 11.1. The minimum absolute atomic E-state index is 0.0776. The summed E-state index contributed by atoms with van der Waals surface area (Å²) < 4.78 is 1.81. The predicted molar refractivity (Wildman–Crippen MR) is 130 cm³/mol. The molecule has 1 aliphatic rings. The second kappa shape index (κ2) is 8.53. The number of hydrogen-bond donors (Lipinski definition) is 3. The van der Waals surface area contributed by atoms with Gasteiger partial charge in [0.1, 0.15) is 5.56 Å². The lowest BCUT2D eigenvalue weighted by atomic mass is 9.90. The number of amides is 2. The molecule has 0 bridgehead atoms. The highest BCUT2D eigenvalue weighted by Crippen LogP contribution is 2.31. The summed E-state index contributed by atoms with van der Waals surface area (Å²) in [5.74, 6) is -1.06. The van der Waals surface area contributed by atoms with Crippen molar-refractivity contribution < 1.29 is 9.59 Å². The van der Waals surface area contributed by atoms with E-state index in [0.717, 1.165) is 22.6 Å². The Bertz CT molecular complexity index is 1470. The molecule has 1 atom stereocenters. The first-order valence-corrected chi connectivity index (χ1v) is 12.0. The highest BCUT2D eigenvalue weighted by Gasteiger charge is 2.27. The maximum absolute atomic E-state index is 13.6. The third kappa shape index (κ3) is 3.79. The zero-order valence-corrected chi connectivity index (χ0v) is 19.6. The number of aryl methyl sites for hydroxylation is 1. The average Bonchev–Trinajstić information content (AvgIpc) is 3.48. The molecular formula is C24H24N6O3S. The molecule has 1 aliphatic carbocycles. The quantitative estimate of drug-likeness (QED) is 0.406. The fourth-order valence-corrected chi connectivity index (χ4v) is 5.13. The van der Waals surface area contributed by atoms with Gasteiger partial charge in [-0.15, -0.1) is 11.3 Å². The summed E-state index contributed by atoms with van der Waals surface area (Å²) >= 11 is 1.55. The first kappa shape index (κ1) is 22.0. The molecule has 174 valence electrons. The van der Waals surface area contributed by atoms with Crippen molar-refractivity contribution >= 4 is 34.2 Å². The van der Waals surface area contributed by atoms with Gasteiger partial charge in [0, 0.05) is 11.7 Å². The number of hydrogen-bond acceptors (Lipinski definition) is 6. The van der Waals surface area contributed by atoms with Crippen LogP contribution < -0.4 is 16.6 Å². The summed E-state index contributed by atoms with van der Waals surface area (Å²) in [7, 11) is 0. The molecule has 0 aliphatic heterocycles. The summed E-state index contributed by atoms with van der Waals surface area (Å²) in [5.41, 5.74) is 8.04. The molecule has 4 aromatic heterocycles. The Balaban J connectivity index is 1.57. The molecule has 0 saturated heterocycles. The van der Waals surface area contributed by atoms with Crippen LogP contribution in [-0.4, -0.2) is 31.6 Å². The van der Waals surface area contributed by atoms with Crippen molar-refractivity contribution in [2.24, 2.45) is 5.73 Å². The van der Waals surface area contributed by atoms with Gasteiger partial charge in [0.15, 0.2) is 5.65 Å². The van der Waals surface area contributed by atoms with E-state index in [1.54, 1.807) is 23.6 Å². The summed E-state index contributed by atoms with van der Waals surface area (Å²) in [6.45, 7) is 4.03. The standard InChI is InChI=1S/C24H24N6O3S/c1-12(2)30-22-16(11-26-30)13(10-19(27-22)20-7-4-8-34-20)23(32)28-17-5-3-6-18-14(17)9-15(21(25)31)24(33)29-18/h4,7-12,17H,3,5-6H2,1-2H3,(H2,25,31)(H,28,32)(H,29,33). The number of nitrogens with zero attached hydrogens (tertiary/aromatic N) is 3. The smallest absolute Gasteiger partial charge is 0.261 e. The molecule has 0 saturated carbocycles. The number of nitrogens with two attached hydrogens (primary N) is 1. The number of nitrogens with one attached hydrogen (secondary N) is 2. The van der Waals surface area contributed by atoms with Crippen LogP contribution in [0.25, 0.3) is 21.6 Å². The second-order valence-electron chi connectivity index (χ2n) is 8.68. The number of thiophene rings is 1. The summed E-state index contributed by atoms with van der Waals surface area (Å²) in [4.78, 5) is 46.0. The van der Waals surface area contributed by atoms with Crippen LogP contribution >= 0.6 is 11.3 Å². The number of rotatable bonds is 5. The van der Waals surface area contributed by atoms with Gasteiger partial charge in [-0.3, -0.25) is 14.4 Å². The molecule has 5 rings (SSSR count). The number of primary amides is 1. The first-order chi connectivity index (χ1) is 16.3. The molecule has 10 heteroatoms. The van der Waals surface area contributed by atoms with Gasteiger partial charge in [0.05, 0.1) is 33.8 Å². The minimum atomic E-state index is -0.794. The Hall–Kier alpha value is -3.79. The number of aromatic amines is 1. The summed E-state index contributed by atoms with van der Waals surface area (Å²) in [6, 6.07) is 6.93. The zero-order chi connectivity index (χ0) is 24.0. The highest BCUT2D eigenvalue weighted by molar-refractivity contribution is 7.13. The Kier molecular flexibility index (Phi) is 5.52. The van der Waals surface area contributed by atoms with Crippen LogP contribution in [0, 0.1) is 0 Å². The maximum atomic E-state index is 13.6. The van der Waals surface area contributed by atoms with Crippen molar-refractivity contribution in [3.8, 4) is 10.6 Å². The van der Waals surface area contributed by atoms with Crippen molar-refractivity contribution in [1.82, 2.24) is 25.1 Å². The molecule has 0 fully saturated rings. The van der Waals surface area contributed by atoms with E-state index in [1.165, 1.54) is 6.07 Å². The molecule has 4 N–H and O–H groups in total. The number of carbonyl (C=O) groups excluding carboxylic acids is 2. The van der Waals surface area contributed by atoms with Crippen LogP contribution in [0.1, 0.15) is 70.7 Å². The molecule has 0 spiro atoms. The van der Waals surface area contributed by atoms with E-state index in [1.807, 2.05) is 36.0 Å². The number of carbonyl (C=O) groups is 2. The van der Waals surface area contributed by atoms with Crippen molar-refractivity contribution in [3.05, 3.63) is 68.6 Å². The summed E-state index contributed by atoms with van der Waals surface area (Å²) in [6.07, 6.45) is 3.81. The van der Waals surface area contributed by atoms with Crippen LogP contribution in [0.3, 0.4) is 0 Å². The topological polar surface area (TPSA) is 136 Å². The number of pyridine rings is 2. The van der Waals surface area contributed by atoms with Crippen molar-refractivity contribution in [1.29, 1.82) is 0 Å². The fraction of sp³-hybridized carbons (Fsp3) is 0.292. The van der Waals surface area contributed by atoms with Gasteiger partial charge in [-0.05, 0) is 62.3 Å². The molecule has 9 nitrogen and oxygen atoms in total. The minimum Gasteiger partial charge on any atom is -0.365 e. The molecule has 4 heterocycles. The van der Waals surface area contributed by atoms with Gasteiger partial charge >= 0.3 is 0 Å². The average molecular weight is 477 g/mol. The van der Waals surface area contributed by atoms with E-state index >= 15 is 0 Å². The summed E-state index contributed by atoms with van der Waals surface area (Å²) in [5, 5.41) is 10.2. The molecule has 1 unspecified atom stereocenters. The van der Waals surface area contributed by atoms with Gasteiger partial charge in [-0.1, -0.05) is 6.07 Å². The van der Waals surface area contributed by atoms with E-state index in [2.05, 4.69) is 15.4 Å². The molecule has 0 aromatic carbocycles. The lowest BCUT2D eigenvalue weighted by Gasteiger charge is -2.26. The van der Waals surface area contributed by atoms with E-state index in [0.29, 0.717) is 35.1 Å². The van der Waals surface area contributed by atoms with Gasteiger partial charge in [-0.2, -0.15) is 5.10 Å². The van der Waals surface area contributed by atoms with E-state index in [-0.39, 0.29) is 23.6 Å². The normalized spacial score (nSPS) is 15.4. The fourth-order valence-electron chi connectivity index (χ4n) is 4.44. The lowest BCUT2D eigenvalue weighted by molar-refractivity contribution is 0.0934. The second-order valence-corrected chi connectivity index (χ2v) is 9.63. The molecular weight excluding hydrogens is 452 g/mol. The van der Waals surface area contributed by atoms with Crippen LogP contribution in [0.5, 0.6) is 0 Å². The van der Waals surface area contributed by atoms with E-state index in [4.69, 9.17) is 10.7 Å². The van der Waals surface area contributed by atoms with Crippen LogP contribution in [-0.2, 0) is 6.42 Å². The van der Waals surface area contributed by atoms with Crippen molar-refractivity contribution in [2.45, 2.75) is 45.2 Å². The third-order valence-corrected chi connectivity index (χ3v) is 6.99. The van der Waals surface area contributed by atoms with Crippen LogP contribution in [0.15, 0.2) is 40.6 Å². The monoisotopic (exact) mass is 476 g/mol. The van der Waals surface area contributed by atoms with Gasteiger partial charge < -0.3 is 16.0 Å². The van der Waals surface area contributed by atoms with Crippen LogP contribution in [0.4, 0.5) is 0 Å². The molecule has 34 heavy (non-hydrogen) atoms. The zero-order valence-electron chi connectivity index (χ0n) is 18.8. The number of aromatic nitrogens is 4. The van der Waals surface area contributed by atoms with E-state index in [9.17, 15) is 14.4 Å². The predicted octanol–water partition coefficient (Wildman–Crippen LogP) is 3.34. The van der Waals surface area contributed by atoms with E-state index < -0.39 is 11.5 Å². The SMILES string of the molecule is CC(C)n1ncc2c(C(=O)NC3CCCc4[nH]c(=O)c(C(N)=O)cc43)cc(-c3cccs3)nc21. The van der Waals surface area contributed by atoms with Gasteiger partial charge in [-0.25, -0.2) is 9.67 Å².